The molecule has 1 saturated heterocycles. The summed E-state index contributed by atoms with van der Waals surface area (Å²) in [6, 6.07) is 16.0. The van der Waals surface area contributed by atoms with Crippen molar-refractivity contribution in [1.82, 2.24) is 10.1 Å². The predicted octanol–water partition coefficient (Wildman–Crippen LogP) is 3.49. The highest BCUT2D eigenvalue weighted by atomic mass is 16.5. The fraction of sp³-hybridized carbons (Fsp3) is 0.304. The molecule has 1 fully saturated rings. The SMILES string of the molecule is Cc1c(-c2nc(Cc3ccccc3)no2)oc2cccc(OC3CC[NH2+]CC3)c12. The molecule has 2 aromatic carbocycles. The summed E-state index contributed by atoms with van der Waals surface area (Å²) in [7, 11) is 0. The molecule has 0 unspecified atom stereocenters. The number of hydrogen-bond acceptors (Lipinski definition) is 5. The van der Waals surface area contributed by atoms with Crippen LogP contribution >= 0.6 is 0 Å². The van der Waals surface area contributed by atoms with Crippen molar-refractivity contribution in [1.29, 1.82) is 0 Å². The van der Waals surface area contributed by atoms with Crippen LogP contribution in [0.4, 0.5) is 0 Å². The number of hydrogen-bond donors (Lipinski definition) is 1. The maximum atomic E-state index is 6.34. The zero-order chi connectivity index (χ0) is 19.6. The minimum absolute atomic E-state index is 0.254. The molecule has 0 aliphatic carbocycles. The van der Waals surface area contributed by atoms with Crippen molar-refractivity contribution in [2.24, 2.45) is 0 Å². The van der Waals surface area contributed by atoms with Crippen LogP contribution in [-0.4, -0.2) is 29.3 Å². The Bertz CT molecular complexity index is 1110. The molecule has 6 nitrogen and oxygen atoms in total. The highest BCUT2D eigenvalue weighted by molar-refractivity contribution is 5.91. The van der Waals surface area contributed by atoms with Crippen LogP contribution < -0.4 is 10.1 Å². The molecule has 0 saturated carbocycles. The lowest BCUT2D eigenvalue weighted by Crippen LogP contribution is -2.86. The van der Waals surface area contributed by atoms with Gasteiger partial charge in [0.15, 0.2) is 11.6 Å². The first-order valence-corrected chi connectivity index (χ1v) is 10.2. The van der Waals surface area contributed by atoms with Crippen molar-refractivity contribution < 1.29 is 19.0 Å². The monoisotopic (exact) mass is 390 g/mol. The smallest absolute Gasteiger partial charge is 0.293 e. The lowest BCUT2D eigenvalue weighted by molar-refractivity contribution is -0.664. The molecule has 6 heteroatoms. The van der Waals surface area contributed by atoms with E-state index in [4.69, 9.17) is 13.7 Å². The van der Waals surface area contributed by atoms with Gasteiger partial charge < -0.3 is 19.0 Å². The second kappa shape index (κ2) is 7.72. The second-order valence-corrected chi connectivity index (χ2v) is 7.55. The molecule has 2 aromatic heterocycles. The average Bonchev–Trinajstić information content (AvgIpc) is 3.34. The molecule has 2 N–H and O–H groups in total. The molecule has 0 bridgehead atoms. The van der Waals surface area contributed by atoms with Crippen molar-refractivity contribution in [2.45, 2.75) is 32.3 Å². The van der Waals surface area contributed by atoms with Crippen molar-refractivity contribution in [3.05, 3.63) is 65.5 Å². The molecule has 1 aliphatic rings. The van der Waals surface area contributed by atoms with Gasteiger partial charge in [-0.15, -0.1) is 0 Å². The van der Waals surface area contributed by atoms with Gasteiger partial charge in [0.25, 0.3) is 5.89 Å². The standard InChI is InChI=1S/C23H23N3O3/c1-15-21-18(27-17-10-12-24-13-11-17)8-5-9-19(21)28-22(15)23-25-20(26-29-23)14-16-6-3-2-4-7-16/h2-9,17,24H,10-14H2,1H3/p+1. The van der Waals surface area contributed by atoms with E-state index in [0.29, 0.717) is 23.9 Å². The Morgan fingerprint density at radius 3 is 2.72 bits per heavy atom. The Kier molecular flexibility index (Phi) is 4.77. The van der Waals surface area contributed by atoms with Crippen LogP contribution in [0.2, 0.25) is 0 Å². The zero-order valence-electron chi connectivity index (χ0n) is 16.4. The third-order valence-corrected chi connectivity index (χ3v) is 5.46. The number of fused-ring (bicyclic) bond motifs is 1. The summed E-state index contributed by atoms with van der Waals surface area (Å²) in [5.74, 6) is 2.52. The predicted molar refractivity (Wildman–Crippen MR) is 109 cm³/mol. The van der Waals surface area contributed by atoms with Crippen LogP contribution in [0.1, 0.15) is 29.8 Å². The number of aromatic nitrogens is 2. The van der Waals surface area contributed by atoms with Gasteiger partial charge in [-0.1, -0.05) is 41.6 Å². The highest BCUT2D eigenvalue weighted by Crippen LogP contribution is 2.38. The van der Waals surface area contributed by atoms with Gasteiger partial charge in [-0.3, -0.25) is 0 Å². The van der Waals surface area contributed by atoms with E-state index >= 15 is 0 Å². The van der Waals surface area contributed by atoms with E-state index < -0.39 is 0 Å². The van der Waals surface area contributed by atoms with Crippen LogP contribution in [0.25, 0.3) is 22.6 Å². The number of furan rings is 1. The Balaban J connectivity index is 1.45. The molecular formula is C23H24N3O3+. The Hall–Kier alpha value is -3.12. The first-order valence-electron chi connectivity index (χ1n) is 10.2. The van der Waals surface area contributed by atoms with E-state index in [1.54, 1.807) is 0 Å². The number of nitrogens with two attached hydrogens (primary N) is 1. The Morgan fingerprint density at radius 2 is 1.90 bits per heavy atom. The van der Waals surface area contributed by atoms with E-state index in [9.17, 15) is 0 Å². The molecule has 148 valence electrons. The molecule has 29 heavy (non-hydrogen) atoms. The Morgan fingerprint density at radius 1 is 1.07 bits per heavy atom. The van der Waals surface area contributed by atoms with Crippen molar-refractivity contribution in [3.63, 3.8) is 0 Å². The van der Waals surface area contributed by atoms with Crippen molar-refractivity contribution in [2.75, 3.05) is 13.1 Å². The molecule has 5 rings (SSSR count). The number of ether oxygens (including phenoxy) is 1. The van der Waals surface area contributed by atoms with E-state index in [-0.39, 0.29) is 6.10 Å². The fourth-order valence-electron chi connectivity index (χ4n) is 3.96. The van der Waals surface area contributed by atoms with Gasteiger partial charge in [0.05, 0.1) is 18.5 Å². The van der Waals surface area contributed by atoms with Gasteiger partial charge >= 0.3 is 0 Å². The normalized spacial score (nSPS) is 15.1. The lowest BCUT2D eigenvalue weighted by atomic mass is 10.1. The lowest BCUT2D eigenvalue weighted by Gasteiger charge is -2.22. The number of piperidine rings is 1. The van der Waals surface area contributed by atoms with Gasteiger partial charge in [-0.25, -0.2) is 0 Å². The average molecular weight is 390 g/mol. The maximum Gasteiger partial charge on any atom is 0.293 e. The van der Waals surface area contributed by atoms with Gasteiger partial charge in [0.1, 0.15) is 17.4 Å². The molecule has 0 radical (unpaired) electrons. The van der Waals surface area contributed by atoms with E-state index in [1.165, 1.54) is 0 Å². The molecule has 0 atom stereocenters. The van der Waals surface area contributed by atoms with Crippen molar-refractivity contribution in [3.8, 4) is 17.4 Å². The van der Waals surface area contributed by atoms with Crippen LogP contribution in [0.5, 0.6) is 5.75 Å². The summed E-state index contributed by atoms with van der Waals surface area (Å²) in [4.78, 5) is 4.56. The third kappa shape index (κ3) is 3.63. The third-order valence-electron chi connectivity index (χ3n) is 5.46. The molecule has 1 aliphatic heterocycles. The summed E-state index contributed by atoms with van der Waals surface area (Å²) in [5.41, 5.74) is 2.88. The van der Waals surface area contributed by atoms with Crippen LogP contribution in [-0.2, 0) is 6.42 Å². The summed E-state index contributed by atoms with van der Waals surface area (Å²) < 4.78 is 18.0. The number of aryl methyl sites for hydroxylation is 1. The first kappa shape index (κ1) is 17.9. The van der Waals surface area contributed by atoms with Crippen molar-refractivity contribution >= 4 is 11.0 Å². The second-order valence-electron chi connectivity index (χ2n) is 7.55. The summed E-state index contributed by atoms with van der Waals surface area (Å²) in [6.45, 7) is 4.24. The largest absolute Gasteiger partial charge is 0.489 e. The number of nitrogens with zero attached hydrogens (tertiary/aromatic N) is 2. The summed E-state index contributed by atoms with van der Waals surface area (Å²) >= 11 is 0. The topological polar surface area (TPSA) is 77.9 Å². The number of benzene rings is 2. The van der Waals surface area contributed by atoms with Crippen LogP contribution in [0.3, 0.4) is 0 Å². The zero-order valence-corrected chi connectivity index (χ0v) is 16.4. The molecule has 4 aromatic rings. The Labute approximate surface area is 168 Å². The first-order chi connectivity index (χ1) is 14.3. The number of quaternary nitrogens is 1. The quantitative estimate of drug-likeness (QED) is 0.564. The van der Waals surface area contributed by atoms with Crippen LogP contribution in [0, 0.1) is 6.92 Å². The van der Waals surface area contributed by atoms with E-state index in [0.717, 1.165) is 53.8 Å². The highest BCUT2D eigenvalue weighted by Gasteiger charge is 2.23. The summed E-state index contributed by atoms with van der Waals surface area (Å²) in [5, 5.41) is 7.46. The number of rotatable bonds is 5. The maximum absolute atomic E-state index is 6.34. The van der Waals surface area contributed by atoms with Gasteiger partial charge in [-0.2, -0.15) is 4.98 Å². The van der Waals surface area contributed by atoms with Gasteiger partial charge in [0, 0.05) is 24.8 Å². The van der Waals surface area contributed by atoms with Gasteiger partial charge in [0.2, 0.25) is 0 Å². The molecular weight excluding hydrogens is 366 g/mol. The van der Waals surface area contributed by atoms with Gasteiger partial charge in [-0.05, 0) is 24.6 Å². The minimum Gasteiger partial charge on any atom is -0.489 e. The summed E-state index contributed by atoms with van der Waals surface area (Å²) in [6.07, 6.45) is 3.00. The van der Waals surface area contributed by atoms with E-state index in [2.05, 4.69) is 27.6 Å². The molecule has 0 amide bonds. The molecule has 0 spiro atoms. The molecule has 3 heterocycles. The van der Waals surface area contributed by atoms with Crippen LogP contribution in [0.15, 0.2) is 57.5 Å². The fourth-order valence-corrected chi connectivity index (χ4v) is 3.96. The van der Waals surface area contributed by atoms with E-state index in [1.807, 2.05) is 43.3 Å². The minimum atomic E-state index is 0.254.